The lowest BCUT2D eigenvalue weighted by atomic mass is 10.2. The van der Waals surface area contributed by atoms with E-state index in [-0.39, 0.29) is 16.3 Å². The summed E-state index contributed by atoms with van der Waals surface area (Å²) >= 11 is 5.85. The van der Waals surface area contributed by atoms with E-state index >= 15 is 0 Å². The van der Waals surface area contributed by atoms with Crippen LogP contribution in [0.15, 0.2) is 42.5 Å². The molecule has 0 radical (unpaired) electrons. The first-order valence-corrected chi connectivity index (χ1v) is 5.89. The van der Waals surface area contributed by atoms with Gasteiger partial charge in [-0.2, -0.15) is 0 Å². The predicted molar refractivity (Wildman–Crippen MR) is 74.8 cm³/mol. The van der Waals surface area contributed by atoms with Gasteiger partial charge in [-0.05, 0) is 30.3 Å². The Kier molecular flexibility index (Phi) is 3.86. The standard InChI is InChI=1S/C13H9ClN2O4/c14-12-7-9(3-6-11(12)13(17)18)15-8-1-4-10(5-2-8)16(19)20/h1-7,15H,(H,17,18). The molecular formula is C13H9ClN2O4. The summed E-state index contributed by atoms with van der Waals surface area (Å²) in [5.74, 6) is -1.10. The maximum atomic E-state index is 10.8. The Labute approximate surface area is 118 Å². The molecule has 0 bridgehead atoms. The second kappa shape index (κ2) is 5.58. The smallest absolute Gasteiger partial charge is 0.337 e. The van der Waals surface area contributed by atoms with E-state index in [0.29, 0.717) is 11.4 Å². The number of hydrogen-bond donors (Lipinski definition) is 2. The Morgan fingerprint density at radius 3 is 2.25 bits per heavy atom. The van der Waals surface area contributed by atoms with Gasteiger partial charge >= 0.3 is 5.97 Å². The molecule has 2 aromatic rings. The fourth-order valence-corrected chi connectivity index (χ4v) is 1.86. The van der Waals surface area contributed by atoms with Crippen LogP contribution in [0.5, 0.6) is 0 Å². The quantitative estimate of drug-likeness (QED) is 0.662. The first-order chi connectivity index (χ1) is 9.47. The first-order valence-electron chi connectivity index (χ1n) is 5.51. The van der Waals surface area contributed by atoms with Crippen LogP contribution in [0.1, 0.15) is 10.4 Å². The topological polar surface area (TPSA) is 92.5 Å². The van der Waals surface area contributed by atoms with Gasteiger partial charge in [-0.1, -0.05) is 11.6 Å². The second-order valence-corrected chi connectivity index (χ2v) is 4.34. The lowest BCUT2D eigenvalue weighted by molar-refractivity contribution is -0.384. The molecule has 102 valence electrons. The lowest BCUT2D eigenvalue weighted by Crippen LogP contribution is -1.98. The highest BCUT2D eigenvalue weighted by molar-refractivity contribution is 6.33. The summed E-state index contributed by atoms with van der Waals surface area (Å²) in [6.45, 7) is 0. The summed E-state index contributed by atoms with van der Waals surface area (Å²) in [4.78, 5) is 20.9. The van der Waals surface area contributed by atoms with Crippen LogP contribution in [0, 0.1) is 10.1 Å². The maximum Gasteiger partial charge on any atom is 0.337 e. The van der Waals surface area contributed by atoms with Crippen LogP contribution in [0.25, 0.3) is 0 Å². The SMILES string of the molecule is O=C(O)c1ccc(Nc2ccc([N+](=O)[O-])cc2)cc1Cl. The van der Waals surface area contributed by atoms with E-state index in [9.17, 15) is 14.9 Å². The molecule has 0 saturated carbocycles. The van der Waals surface area contributed by atoms with Crippen molar-refractivity contribution in [3.8, 4) is 0 Å². The molecule has 0 fully saturated rings. The number of nitrogens with zero attached hydrogens (tertiary/aromatic N) is 1. The summed E-state index contributed by atoms with van der Waals surface area (Å²) < 4.78 is 0. The van der Waals surface area contributed by atoms with Crippen LogP contribution in [0.2, 0.25) is 5.02 Å². The Morgan fingerprint density at radius 2 is 1.75 bits per heavy atom. The van der Waals surface area contributed by atoms with Gasteiger partial charge < -0.3 is 10.4 Å². The molecule has 7 heteroatoms. The molecule has 0 aliphatic rings. The highest BCUT2D eigenvalue weighted by atomic mass is 35.5. The van der Waals surface area contributed by atoms with Gasteiger partial charge in [0.25, 0.3) is 5.69 Å². The Morgan fingerprint density at radius 1 is 1.15 bits per heavy atom. The molecule has 0 unspecified atom stereocenters. The van der Waals surface area contributed by atoms with Crippen molar-refractivity contribution in [1.29, 1.82) is 0 Å². The van der Waals surface area contributed by atoms with Crippen LogP contribution in [0.3, 0.4) is 0 Å². The van der Waals surface area contributed by atoms with E-state index in [1.807, 2.05) is 0 Å². The van der Waals surface area contributed by atoms with E-state index in [1.54, 1.807) is 18.2 Å². The highest BCUT2D eigenvalue weighted by Crippen LogP contribution is 2.24. The largest absolute Gasteiger partial charge is 0.478 e. The van der Waals surface area contributed by atoms with Crippen molar-refractivity contribution in [3.05, 3.63) is 63.2 Å². The molecule has 0 atom stereocenters. The number of carboxylic acids is 1. The minimum Gasteiger partial charge on any atom is -0.478 e. The van der Waals surface area contributed by atoms with Gasteiger partial charge in [-0.25, -0.2) is 4.79 Å². The van der Waals surface area contributed by atoms with Crippen LogP contribution in [-0.4, -0.2) is 16.0 Å². The molecule has 0 aliphatic carbocycles. The summed E-state index contributed by atoms with van der Waals surface area (Å²) in [6, 6.07) is 10.3. The van der Waals surface area contributed by atoms with E-state index < -0.39 is 10.9 Å². The number of nitro benzene ring substituents is 1. The number of non-ortho nitro benzene ring substituents is 1. The van der Waals surface area contributed by atoms with Crippen molar-refractivity contribution in [1.82, 2.24) is 0 Å². The fraction of sp³-hybridized carbons (Fsp3) is 0. The van der Waals surface area contributed by atoms with Gasteiger partial charge in [-0.3, -0.25) is 10.1 Å². The van der Waals surface area contributed by atoms with Gasteiger partial charge in [0.1, 0.15) is 0 Å². The minimum atomic E-state index is -1.10. The Balaban J connectivity index is 2.19. The number of aromatic carboxylic acids is 1. The first kappa shape index (κ1) is 13.8. The summed E-state index contributed by atoms with van der Waals surface area (Å²) in [6.07, 6.45) is 0. The third-order valence-electron chi connectivity index (χ3n) is 2.57. The molecule has 2 rings (SSSR count). The van der Waals surface area contributed by atoms with Gasteiger partial charge in [-0.15, -0.1) is 0 Å². The van der Waals surface area contributed by atoms with E-state index in [4.69, 9.17) is 16.7 Å². The van der Waals surface area contributed by atoms with Gasteiger partial charge in [0.05, 0.1) is 15.5 Å². The monoisotopic (exact) mass is 292 g/mol. The summed E-state index contributed by atoms with van der Waals surface area (Å²) in [5, 5.41) is 22.5. The van der Waals surface area contributed by atoms with Gasteiger partial charge in [0, 0.05) is 23.5 Å². The number of nitro groups is 1. The predicted octanol–water partition coefficient (Wildman–Crippen LogP) is 3.69. The zero-order chi connectivity index (χ0) is 14.7. The molecule has 2 N–H and O–H groups in total. The van der Waals surface area contributed by atoms with Gasteiger partial charge in [0.15, 0.2) is 0 Å². The molecule has 0 heterocycles. The van der Waals surface area contributed by atoms with E-state index in [2.05, 4.69) is 5.32 Å². The van der Waals surface area contributed by atoms with Crippen molar-refractivity contribution in [2.75, 3.05) is 5.32 Å². The van der Waals surface area contributed by atoms with Crippen LogP contribution < -0.4 is 5.32 Å². The zero-order valence-corrected chi connectivity index (χ0v) is 10.8. The van der Waals surface area contributed by atoms with E-state index in [1.165, 1.54) is 24.3 Å². The molecule has 6 nitrogen and oxygen atoms in total. The van der Waals surface area contributed by atoms with Crippen LogP contribution in [0.4, 0.5) is 17.1 Å². The number of carbonyl (C=O) groups is 1. The van der Waals surface area contributed by atoms with E-state index in [0.717, 1.165) is 0 Å². The summed E-state index contributed by atoms with van der Waals surface area (Å²) in [7, 11) is 0. The van der Waals surface area contributed by atoms with Crippen molar-refractivity contribution >= 4 is 34.6 Å². The Bertz CT molecular complexity index is 671. The molecule has 0 aromatic heterocycles. The average molecular weight is 293 g/mol. The fourth-order valence-electron chi connectivity index (χ4n) is 1.60. The zero-order valence-electron chi connectivity index (χ0n) is 10.0. The highest BCUT2D eigenvalue weighted by Gasteiger charge is 2.09. The molecule has 2 aromatic carbocycles. The van der Waals surface area contributed by atoms with Crippen molar-refractivity contribution in [2.45, 2.75) is 0 Å². The summed E-state index contributed by atoms with van der Waals surface area (Å²) in [5.41, 5.74) is 1.24. The molecule has 0 spiro atoms. The third kappa shape index (κ3) is 3.04. The molecule has 0 aliphatic heterocycles. The molecular weight excluding hydrogens is 284 g/mol. The normalized spacial score (nSPS) is 10.1. The van der Waals surface area contributed by atoms with Crippen LogP contribution >= 0.6 is 11.6 Å². The number of nitrogens with one attached hydrogen (secondary N) is 1. The number of rotatable bonds is 4. The van der Waals surface area contributed by atoms with Crippen molar-refractivity contribution < 1.29 is 14.8 Å². The average Bonchev–Trinajstić information content (AvgIpc) is 2.39. The molecule has 20 heavy (non-hydrogen) atoms. The number of benzene rings is 2. The number of anilines is 2. The minimum absolute atomic E-state index is 0.00481. The molecule has 0 amide bonds. The third-order valence-corrected chi connectivity index (χ3v) is 2.88. The molecule has 0 saturated heterocycles. The number of halogens is 1. The number of hydrogen-bond acceptors (Lipinski definition) is 4. The lowest BCUT2D eigenvalue weighted by Gasteiger charge is -2.07. The van der Waals surface area contributed by atoms with Gasteiger partial charge in [0.2, 0.25) is 0 Å². The number of carboxylic acid groups (broad SMARTS) is 1. The maximum absolute atomic E-state index is 10.8. The van der Waals surface area contributed by atoms with Crippen molar-refractivity contribution in [2.24, 2.45) is 0 Å². The van der Waals surface area contributed by atoms with Crippen molar-refractivity contribution in [3.63, 3.8) is 0 Å². The van der Waals surface area contributed by atoms with Crippen LogP contribution in [-0.2, 0) is 0 Å². The Hall–Kier alpha value is -2.60. The second-order valence-electron chi connectivity index (χ2n) is 3.93.